The summed E-state index contributed by atoms with van der Waals surface area (Å²) in [5, 5.41) is 30.1. The van der Waals surface area contributed by atoms with Gasteiger partial charge in [0.2, 0.25) is 15.6 Å². The molecule has 0 amide bonds. The molecule has 0 aromatic carbocycles. The van der Waals surface area contributed by atoms with Crippen molar-refractivity contribution in [2.75, 3.05) is 13.3 Å². The topological polar surface area (TPSA) is 135 Å². The van der Waals surface area contributed by atoms with Gasteiger partial charge in [0.25, 0.3) is 0 Å². The number of nitroso groups, excluding NO2 is 1. The highest BCUT2D eigenvalue weighted by molar-refractivity contribution is 7.35. The highest BCUT2D eigenvalue weighted by Gasteiger charge is 2.51. The van der Waals surface area contributed by atoms with Gasteiger partial charge in [-0.3, -0.25) is 9.68 Å². The zero-order chi connectivity index (χ0) is 14.4. The first kappa shape index (κ1) is 13.8. The second kappa shape index (κ2) is 4.99. The van der Waals surface area contributed by atoms with E-state index < -0.39 is 31.1 Å². The largest absolute Gasteiger partial charge is 0.394 e. The van der Waals surface area contributed by atoms with E-state index in [2.05, 4.69) is 4.76 Å². The van der Waals surface area contributed by atoms with Crippen LogP contribution in [-0.2, 0) is 4.74 Å². The van der Waals surface area contributed by atoms with Gasteiger partial charge in [-0.05, 0) is 4.76 Å². The van der Waals surface area contributed by atoms with Crippen molar-refractivity contribution in [1.82, 2.24) is 9.68 Å². The number of aliphatic hydroxyl groups is 3. The summed E-state index contributed by atoms with van der Waals surface area (Å²) in [6.07, 6.45) is -2.62. The third-order valence-corrected chi connectivity index (χ3v) is 4.36. The molecule has 10 nitrogen and oxygen atoms in total. The number of hydrogen-bond acceptors (Lipinski definition) is 9. The third kappa shape index (κ3) is 2.01. The minimum Gasteiger partial charge on any atom is -0.394 e. The van der Waals surface area contributed by atoms with Crippen LogP contribution >= 0.6 is 8.88 Å². The maximum atomic E-state index is 11.7. The predicted octanol–water partition coefficient (Wildman–Crippen LogP) is -2.58. The maximum Gasteiger partial charge on any atom is 0.387 e. The van der Waals surface area contributed by atoms with E-state index in [1.165, 1.54) is 11.2 Å². The lowest BCUT2D eigenvalue weighted by Gasteiger charge is -2.27. The summed E-state index contributed by atoms with van der Waals surface area (Å²) in [5.41, 5.74) is 0.432. The molecule has 3 heterocycles. The number of hydrogen-bond donors (Lipinski definition) is 4. The summed E-state index contributed by atoms with van der Waals surface area (Å²) in [7, 11) is -0.158. The Morgan fingerprint density at radius 3 is 2.95 bits per heavy atom. The van der Waals surface area contributed by atoms with Crippen LogP contribution < -0.4 is 5.84 Å². The Kier molecular flexibility index (Phi) is 3.44. The van der Waals surface area contributed by atoms with Crippen molar-refractivity contribution in [2.24, 2.45) is 10.6 Å². The Balaban J connectivity index is 1.85. The van der Waals surface area contributed by atoms with Crippen LogP contribution in [0.1, 0.15) is 0 Å². The molecule has 1 unspecified atom stereocenters. The summed E-state index contributed by atoms with van der Waals surface area (Å²) in [4.78, 5) is 11.7. The van der Waals surface area contributed by atoms with Crippen molar-refractivity contribution in [3.05, 3.63) is 16.8 Å². The van der Waals surface area contributed by atoms with E-state index in [1.807, 2.05) is 0 Å². The number of hydrazine groups is 1. The summed E-state index contributed by atoms with van der Waals surface area (Å²) >= 11 is 0. The second-order valence-electron chi connectivity index (χ2n) is 4.68. The standard InChI is InChI=1S/C9H15N5O5P/c10-12-1-4-8(13(18)3-12)11-20-14(4)9-7(17)6(16)5(2-15)19-9/h1,5-7,9,15-17,20H,2-3,10H2/q+1/t5-,6-,7-,9-/m1/s1. The highest BCUT2D eigenvalue weighted by atomic mass is 31.1. The van der Waals surface area contributed by atoms with Gasteiger partial charge in [0.05, 0.1) is 12.8 Å². The molecular formula is C9H15N5O5P+. The Labute approximate surface area is 115 Å². The number of aliphatic hydroxyl groups excluding tert-OH is 3. The second-order valence-corrected chi connectivity index (χ2v) is 5.59. The predicted molar refractivity (Wildman–Crippen MR) is 68.0 cm³/mol. The van der Waals surface area contributed by atoms with Crippen LogP contribution in [0.3, 0.4) is 0 Å². The molecule has 20 heavy (non-hydrogen) atoms. The summed E-state index contributed by atoms with van der Waals surface area (Å²) in [6.45, 7) is -0.439. The molecule has 1 fully saturated rings. The average Bonchev–Trinajstić information content (AvgIpc) is 2.93. The molecule has 0 bridgehead atoms. The van der Waals surface area contributed by atoms with Gasteiger partial charge in [0.15, 0.2) is 11.9 Å². The molecule has 0 aromatic heterocycles. The van der Waals surface area contributed by atoms with Crippen LogP contribution in [0.2, 0.25) is 0 Å². The van der Waals surface area contributed by atoms with Crippen molar-refractivity contribution in [1.29, 1.82) is 0 Å². The fourth-order valence-electron chi connectivity index (χ4n) is 2.32. The lowest BCUT2D eigenvalue weighted by molar-refractivity contribution is -0.458. The zero-order valence-corrected chi connectivity index (χ0v) is 11.3. The monoisotopic (exact) mass is 304 g/mol. The van der Waals surface area contributed by atoms with Crippen molar-refractivity contribution in [3.8, 4) is 0 Å². The van der Waals surface area contributed by atoms with Gasteiger partial charge >= 0.3 is 5.84 Å². The van der Waals surface area contributed by atoms with Gasteiger partial charge in [-0.2, -0.15) is 0 Å². The molecule has 0 aliphatic carbocycles. The molecule has 3 aliphatic rings. The van der Waals surface area contributed by atoms with Gasteiger partial charge in [0, 0.05) is 4.76 Å². The SMILES string of the molecule is NN1C=C2C(=NPN2[C@@H]2O[C@H](CO)[C@@H](O)[C@H]2O)[N+](=O)C1. The van der Waals surface area contributed by atoms with Crippen LogP contribution in [0, 0.1) is 4.91 Å². The highest BCUT2D eigenvalue weighted by Crippen LogP contribution is 2.41. The number of fused-ring (bicyclic) bond motifs is 1. The number of ether oxygens (including phenoxy) is 1. The first-order valence-electron chi connectivity index (χ1n) is 5.96. The Hall–Kier alpha value is -1.16. The Morgan fingerprint density at radius 1 is 1.55 bits per heavy atom. The molecular weight excluding hydrogens is 289 g/mol. The van der Waals surface area contributed by atoms with Gasteiger partial charge < -0.3 is 20.1 Å². The van der Waals surface area contributed by atoms with Crippen molar-refractivity contribution in [3.63, 3.8) is 0 Å². The number of amidine groups is 1. The summed E-state index contributed by atoms with van der Waals surface area (Å²) in [5.74, 6) is 5.83. The third-order valence-electron chi connectivity index (χ3n) is 3.34. The fraction of sp³-hybridized carbons (Fsp3) is 0.667. The van der Waals surface area contributed by atoms with Crippen LogP contribution in [0.15, 0.2) is 16.7 Å². The molecule has 3 aliphatic heterocycles. The van der Waals surface area contributed by atoms with Gasteiger partial charge in [-0.1, -0.05) is 4.91 Å². The molecule has 11 heteroatoms. The molecule has 1 saturated heterocycles. The molecule has 5 atom stereocenters. The van der Waals surface area contributed by atoms with Gasteiger partial charge in [-0.15, -0.1) is 0 Å². The van der Waals surface area contributed by atoms with E-state index in [1.54, 1.807) is 4.67 Å². The van der Waals surface area contributed by atoms with Crippen LogP contribution in [0.5, 0.6) is 0 Å². The van der Waals surface area contributed by atoms with E-state index in [0.717, 1.165) is 0 Å². The van der Waals surface area contributed by atoms with Crippen molar-refractivity contribution in [2.45, 2.75) is 24.5 Å². The molecule has 3 rings (SSSR count). The molecule has 110 valence electrons. The number of rotatable bonds is 2. The molecule has 0 radical (unpaired) electrons. The smallest absolute Gasteiger partial charge is 0.387 e. The van der Waals surface area contributed by atoms with Gasteiger partial charge in [-0.25, -0.2) is 5.84 Å². The van der Waals surface area contributed by atoms with E-state index in [4.69, 9.17) is 15.7 Å². The Bertz CT molecular complexity index is 499. The lowest BCUT2D eigenvalue weighted by Crippen LogP contribution is -2.45. The average molecular weight is 304 g/mol. The summed E-state index contributed by atoms with van der Waals surface area (Å²) in [6, 6.07) is 0. The van der Waals surface area contributed by atoms with Crippen molar-refractivity contribution >= 4 is 14.7 Å². The first-order valence-corrected chi connectivity index (χ1v) is 6.85. The summed E-state index contributed by atoms with van der Waals surface area (Å²) < 4.78 is 11.7. The minimum absolute atomic E-state index is 0.0311. The normalized spacial score (nSPS) is 38.3. The van der Waals surface area contributed by atoms with E-state index in [-0.39, 0.29) is 21.4 Å². The molecule has 0 aromatic rings. The molecule has 5 N–H and O–H groups in total. The van der Waals surface area contributed by atoms with Crippen LogP contribution in [0.4, 0.5) is 0 Å². The number of nitrogens with zero attached hydrogens (tertiary/aromatic N) is 4. The van der Waals surface area contributed by atoms with Crippen molar-refractivity contribution < 1.29 is 24.8 Å². The van der Waals surface area contributed by atoms with Gasteiger partial charge in [0.1, 0.15) is 18.3 Å². The first-order chi connectivity index (χ1) is 9.52. The quantitative estimate of drug-likeness (QED) is 0.248. The lowest BCUT2D eigenvalue weighted by atomic mass is 10.1. The van der Waals surface area contributed by atoms with Crippen LogP contribution in [-0.4, -0.2) is 73.4 Å². The van der Waals surface area contributed by atoms with Crippen LogP contribution in [0.25, 0.3) is 0 Å². The molecule has 0 saturated carbocycles. The Morgan fingerprint density at radius 2 is 2.30 bits per heavy atom. The fourth-order valence-corrected chi connectivity index (χ4v) is 3.35. The molecule has 0 spiro atoms. The van der Waals surface area contributed by atoms with E-state index in [0.29, 0.717) is 10.5 Å². The minimum atomic E-state index is -1.21. The number of nitrogens with two attached hydrogens (primary N) is 1. The maximum absolute atomic E-state index is 11.7. The van der Waals surface area contributed by atoms with E-state index >= 15 is 0 Å². The zero-order valence-electron chi connectivity index (χ0n) is 10.3. The van der Waals surface area contributed by atoms with E-state index in [9.17, 15) is 15.1 Å².